The molecule has 0 amide bonds. The first-order valence-corrected chi connectivity index (χ1v) is 19.1. The molecule has 14 heteroatoms. The monoisotopic (exact) mass is 757 g/mol. The summed E-state index contributed by atoms with van der Waals surface area (Å²) >= 11 is 0. The van der Waals surface area contributed by atoms with Crippen molar-refractivity contribution in [2.45, 2.75) is 127 Å². The lowest BCUT2D eigenvalue weighted by molar-refractivity contribution is -0.156. The number of carbonyl (C=O) groups is 2. The second kappa shape index (κ2) is 16.2. The largest absolute Gasteiger partial charge is 0.463 e. The van der Waals surface area contributed by atoms with Crippen molar-refractivity contribution >= 4 is 17.8 Å². The number of rotatable bonds is 12. The van der Waals surface area contributed by atoms with Crippen LogP contribution in [-0.4, -0.2) is 79.9 Å². The standard InChI is InChI=1S/C40H53F2N3O9/c1-22(6-13-30(47)25-8-9-25)28-11-12-29-24(5-4-17-39(28,29)3)7-10-26-19-27(46)20-31(23(26)2)53-35(49)15-14-34(48)52-21-32-36(50)40(41,42)37(54-32)45-18-16-33(43)44-38(45)51/h6-7,10,13,16,18,22,25,27-32,36-37,46-47,50H,2,4-5,8-9,11-12,14-15,17,19-21H2,1,3H3,(H2,43,44,51)/b13-6+,24-7+,26-10-/t22-,27+,28?,29?,30?,31-,32?,36?,37?,39+/m0/s1. The minimum atomic E-state index is -3.91. The summed E-state index contributed by atoms with van der Waals surface area (Å²) < 4.78 is 45.9. The van der Waals surface area contributed by atoms with E-state index in [0.29, 0.717) is 40.2 Å². The Morgan fingerprint density at radius 2 is 1.91 bits per heavy atom. The predicted octanol–water partition coefficient (Wildman–Crippen LogP) is 4.70. The highest BCUT2D eigenvalue weighted by Gasteiger charge is 2.60. The van der Waals surface area contributed by atoms with Gasteiger partial charge in [0, 0.05) is 12.6 Å². The summed E-state index contributed by atoms with van der Waals surface area (Å²) in [5, 5.41) is 31.2. The van der Waals surface area contributed by atoms with E-state index in [1.807, 2.05) is 12.2 Å². The van der Waals surface area contributed by atoms with Crippen LogP contribution in [0, 0.1) is 29.1 Å². The van der Waals surface area contributed by atoms with Crippen molar-refractivity contribution in [1.82, 2.24) is 9.55 Å². The molecule has 0 aromatic carbocycles. The summed E-state index contributed by atoms with van der Waals surface area (Å²) in [5.74, 6) is -3.96. The van der Waals surface area contributed by atoms with Gasteiger partial charge in [-0.1, -0.05) is 50.3 Å². The number of aromatic nitrogens is 2. The fourth-order valence-electron chi connectivity index (χ4n) is 9.11. The Morgan fingerprint density at radius 3 is 2.63 bits per heavy atom. The maximum atomic E-state index is 14.8. The lowest BCUT2D eigenvalue weighted by atomic mass is 9.61. The Balaban J connectivity index is 0.997. The zero-order valence-electron chi connectivity index (χ0n) is 30.9. The number of halogens is 2. The van der Waals surface area contributed by atoms with Crippen molar-refractivity contribution in [3.05, 3.63) is 70.3 Å². The summed E-state index contributed by atoms with van der Waals surface area (Å²) in [6, 6.07) is 1.12. The molecule has 296 valence electrons. The zero-order valence-corrected chi connectivity index (χ0v) is 30.9. The van der Waals surface area contributed by atoms with Crippen LogP contribution in [-0.2, 0) is 23.8 Å². The average Bonchev–Trinajstić information content (AvgIpc) is 3.87. The van der Waals surface area contributed by atoms with Gasteiger partial charge in [0.2, 0.25) is 6.23 Å². The van der Waals surface area contributed by atoms with Crippen LogP contribution in [0.1, 0.15) is 90.7 Å². The summed E-state index contributed by atoms with van der Waals surface area (Å²) in [6.45, 7) is 8.11. The minimum Gasteiger partial charge on any atom is -0.463 e. The van der Waals surface area contributed by atoms with Gasteiger partial charge < -0.3 is 35.3 Å². The molecule has 5 aliphatic rings. The molecule has 54 heavy (non-hydrogen) atoms. The van der Waals surface area contributed by atoms with Gasteiger partial charge in [-0.3, -0.25) is 14.2 Å². The fraction of sp³-hybridized carbons (Fsp3) is 0.650. The van der Waals surface area contributed by atoms with E-state index in [4.69, 9.17) is 19.9 Å². The second-order valence-electron chi connectivity index (χ2n) is 16.1. The van der Waals surface area contributed by atoms with E-state index in [1.54, 1.807) is 0 Å². The molecule has 2 heterocycles. The number of hydrogen-bond donors (Lipinski definition) is 4. The van der Waals surface area contributed by atoms with Crippen LogP contribution < -0.4 is 11.4 Å². The van der Waals surface area contributed by atoms with Crippen LogP contribution in [0.5, 0.6) is 0 Å². The predicted molar refractivity (Wildman–Crippen MR) is 194 cm³/mol. The van der Waals surface area contributed by atoms with Gasteiger partial charge in [-0.2, -0.15) is 13.8 Å². The number of nitrogens with zero attached hydrogens (tertiary/aromatic N) is 2. The maximum absolute atomic E-state index is 14.8. The molecule has 1 aliphatic heterocycles. The Morgan fingerprint density at radius 1 is 1.17 bits per heavy atom. The molecule has 0 spiro atoms. The molecule has 4 aliphatic carbocycles. The van der Waals surface area contributed by atoms with Gasteiger partial charge >= 0.3 is 23.6 Å². The highest BCUT2D eigenvalue weighted by molar-refractivity contribution is 5.78. The van der Waals surface area contributed by atoms with Crippen molar-refractivity contribution in [3.8, 4) is 0 Å². The van der Waals surface area contributed by atoms with Crippen molar-refractivity contribution in [1.29, 1.82) is 0 Å². The molecule has 10 atom stereocenters. The fourth-order valence-corrected chi connectivity index (χ4v) is 9.11. The Kier molecular flexibility index (Phi) is 12.0. The minimum absolute atomic E-state index is 0.158. The number of nitrogens with two attached hydrogens (primary N) is 1. The van der Waals surface area contributed by atoms with Crippen molar-refractivity contribution in [3.63, 3.8) is 0 Å². The summed E-state index contributed by atoms with van der Waals surface area (Å²) in [6.07, 6.45) is 8.64. The van der Waals surface area contributed by atoms with E-state index in [1.165, 1.54) is 5.57 Å². The maximum Gasteiger partial charge on any atom is 0.351 e. The first kappa shape index (κ1) is 40.0. The van der Waals surface area contributed by atoms with Crippen LogP contribution in [0.4, 0.5) is 14.6 Å². The van der Waals surface area contributed by atoms with Crippen molar-refractivity contribution in [2.75, 3.05) is 12.3 Å². The lowest BCUT2D eigenvalue weighted by Gasteiger charge is -2.44. The van der Waals surface area contributed by atoms with Gasteiger partial charge in [-0.15, -0.1) is 0 Å². The van der Waals surface area contributed by atoms with Gasteiger partial charge in [-0.25, -0.2) is 4.79 Å². The number of allylic oxidation sites excluding steroid dienone is 4. The molecular formula is C40H53F2N3O9. The molecule has 4 saturated carbocycles. The molecule has 0 bridgehead atoms. The third kappa shape index (κ3) is 8.56. The van der Waals surface area contributed by atoms with Crippen LogP contribution in [0.2, 0.25) is 0 Å². The second-order valence-corrected chi connectivity index (χ2v) is 16.1. The number of hydrogen-bond acceptors (Lipinski definition) is 11. The number of esters is 2. The lowest BCUT2D eigenvalue weighted by Crippen LogP contribution is -2.42. The Hall–Kier alpha value is -3.72. The highest BCUT2D eigenvalue weighted by atomic mass is 19.3. The van der Waals surface area contributed by atoms with Crippen molar-refractivity contribution < 1.29 is 47.9 Å². The van der Waals surface area contributed by atoms with E-state index in [-0.39, 0.29) is 30.2 Å². The normalized spacial score (nSPS) is 34.9. The summed E-state index contributed by atoms with van der Waals surface area (Å²) in [4.78, 5) is 40.7. The number of carbonyl (C=O) groups excluding carboxylic acids is 2. The molecule has 1 aromatic rings. The van der Waals surface area contributed by atoms with E-state index >= 15 is 0 Å². The topological polar surface area (TPSA) is 183 Å². The first-order chi connectivity index (χ1) is 25.6. The number of fused-ring (bicyclic) bond motifs is 1. The van der Waals surface area contributed by atoms with Gasteiger partial charge in [0.15, 0.2) is 6.10 Å². The first-order valence-electron chi connectivity index (χ1n) is 19.1. The number of alkyl halides is 2. The van der Waals surface area contributed by atoms with Gasteiger partial charge in [0.05, 0.1) is 25.0 Å². The van der Waals surface area contributed by atoms with E-state index < -0.39 is 67.2 Å². The molecule has 12 nitrogen and oxygen atoms in total. The van der Waals surface area contributed by atoms with Gasteiger partial charge in [0.25, 0.3) is 0 Å². The molecule has 5 fully saturated rings. The molecule has 0 radical (unpaired) electrons. The third-order valence-corrected chi connectivity index (χ3v) is 12.3. The quantitative estimate of drug-likeness (QED) is 0.171. The smallest absolute Gasteiger partial charge is 0.351 e. The van der Waals surface area contributed by atoms with Crippen LogP contribution in [0.25, 0.3) is 0 Å². The highest BCUT2D eigenvalue weighted by Crippen LogP contribution is 2.59. The number of anilines is 1. The zero-order chi connectivity index (χ0) is 38.9. The molecule has 1 saturated heterocycles. The van der Waals surface area contributed by atoms with Gasteiger partial charge in [-0.05, 0) is 97.7 Å². The van der Waals surface area contributed by atoms with E-state index in [0.717, 1.165) is 62.8 Å². The number of aliphatic hydroxyl groups is 3. The molecule has 1 aromatic heterocycles. The molecule has 6 unspecified atom stereocenters. The molecule has 6 rings (SSSR count). The van der Waals surface area contributed by atoms with Gasteiger partial charge in [0.1, 0.15) is 24.6 Å². The van der Waals surface area contributed by atoms with Crippen molar-refractivity contribution in [2.24, 2.45) is 29.1 Å². The Labute approximate surface area is 313 Å². The summed E-state index contributed by atoms with van der Waals surface area (Å²) in [7, 11) is 0. The summed E-state index contributed by atoms with van der Waals surface area (Å²) in [5.41, 5.74) is 7.24. The molecular weight excluding hydrogens is 704 g/mol. The van der Waals surface area contributed by atoms with Crippen LogP contribution >= 0.6 is 0 Å². The van der Waals surface area contributed by atoms with E-state index in [2.05, 4.69) is 37.6 Å². The van der Waals surface area contributed by atoms with E-state index in [9.17, 15) is 38.5 Å². The third-order valence-electron chi connectivity index (χ3n) is 12.3. The van der Waals surface area contributed by atoms with Crippen LogP contribution in [0.15, 0.2) is 64.7 Å². The molecule has 5 N–H and O–H groups in total. The average molecular weight is 758 g/mol. The number of aliphatic hydroxyl groups excluding tert-OH is 3. The number of nitrogen functional groups attached to an aromatic ring is 1. The van der Waals surface area contributed by atoms with Crippen LogP contribution in [0.3, 0.4) is 0 Å². The Bertz CT molecular complexity index is 1740. The number of ether oxygens (including phenoxy) is 3. The SMILES string of the molecule is C=C1/C(=C\C=C2/CCC[C@@]3(C)C2CCC3[C@@H](C)/C=C/C(O)C2CC2)C[C@@H](O)C[C@@H]1OC(=O)CCC(=O)OCC1OC(n2ccc(N)nc2=O)C(F)(F)C1O.